The quantitative estimate of drug-likeness (QED) is 0.168. The summed E-state index contributed by atoms with van der Waals surface area (Å²) in [5.74, 6) is 0. The summed E-state index contributed by atoms with van der Waals surface area (Å²) >= 11 is 0. The molecule has 5 aromatic rings. The summed E-state index contributed by atoms with van der Waals surface area (Å²) in [6.45, 7) is 15.0. The fourth-order valence-electron chi connectivity index (χ4n) is 6.59. The Morgan fingerprint density at radius 3 is 2.24 bits per heavy atom. The molecule has 1 aliphatic rings. The lowest BCUT2D eigenvalue weighted by molar-refractivity contribution is 1.24. The second kappa shape index (κ2) is 13.6. The number of nitrogens with one attached hydrogen (secondary N) is 1. The second-order valence-corrected chi connectivity index (χ2v) is 11.3. The molecule has 46 heavy (non-hydrogen) atoms. The van der Waals surface area contributed by atoms with E-state index >= 15 is 0 Å². The van der Waals surface area contributed by atoms with E-state index in [4.69, 9.17) is 6.58 Å². The van der Waals surface area contributed by atoms with Crippen molar-refractivity contribution < 1.29 is 0 Å². The van der Waals surface area contributed by atoms with Crippen LogP contribution in [0.4, 0.5) is 5.69 Å². The molecule has 0 bridgehead atoms. The van der Waals surface area contributed by atoms with E-state index in [9.17, 15) is 0 Å². The molecular weight excluding hydrogens is 556 g/mol. The lowest BCUT2D eigenvalue weighted by Crippen LogP contribution is -2.07. The molecule has 0 amide bonds. The Morgan fingerprint density at radius 1 is 0.804 bits per heavy atom. The SMILES string of the molecule is C=C/C=C(\C=C/C)n1c2ccccc2c2c(C(=C)/C=C\C=C/C)c(N/C(=C3/CC=C/C3=C/C)c3ccccc3)c3ccccc3c21. The summed E-state index contributed by atoms with van der Waals surface area (Å²) < 4.78 is 2.38. The van der Waals surface area contributed by atoms with Crippen molar-refractivity contribution in [3.63, 3.8) is 0 Å². The molecule has 226 valence electrons. The van der Waals surface area contributed by atoms with Crippen molar-refractivity contribution in [1.29, 1.82) is 0 Å². The van der Waals surface area contributed by atoms with E-state index in [0.29, 0.717) is 0 Å². The molecule has 0 atom stereocenters. The number of anilines is 1. The average molecular weight is 597 g/mol. The summed E-state index contributed by atoms with van der Waals surface area (Å²) in [6, 6.07) is 28.1. The number of hydrogen-bond donors (Lipinski definition) is 1. The number of para-hydroxylation sites is 1. The Hall–Kier alpha value is -5.60. The first-order chi connectivity index (χ1) is 22.6. The van der Waals surface area contributed by atoms with Gasteiger partial charge in [0.2, 0.25) is 0 Å². The summed E-state index contributed by atoms with van der Waals surface area (Å²) in [5.41, 5.74) is 11.2. The molecule has 2 nitrogen and oxygen atoms in total. The van der Waals surface area contributed by atoms with Gasteiger partial charge in [-0.1, -0.05) is 141 Å². The molecule has 0 fully saturated rings. The van der Waals surface area contributed by atoms with E-state index in [1.54, 1.807) is 0 Å². The van der Waals surface area contributed by atoms with Crippen molar-refractivity contribution in [2.24, 2.45) is 0 Å². The van der Waals surface area contributed by atoms with E-state index in [0.717, 1.165) is 62.0 Å². The molecule has 0 spiro atoms. The monoisotopic (exact) mass is 596 g/mol. The fraction of sp³-hybridized carbons (Fsp3) is 0.0909. The minimum atomic E-state index is 0.868. The summed E-state index contributed by atoms with van der Waals surface area (Å²) in [5, 5.41) is 8.70. The summed E-state index contributed by atoms with van der Waals surface area (Å²) in [7, 11) is 0. The molecule has 4 aromatic carbocycles. The molecule has 1 heterocycles. The van der Waals surface area contributed by atoms with Crippen LogP contribution in [-0.2, 0) is 0 Å². The molecule has 0 aliphatic heterocycles. The molecule has 0 unspecified atom stereocenters. The van der Waals surface area contributed by atoms with Gasteiger partial charge in [-0.2, -0.15) is 0 Å². The van der Waals surface area contributed by atoms with E-state index in [2.05, 4.69) is 164 Å². The van der Waals surface area contributed by atoms with Crippen LogP contribution in [-0.4, -0.2) is 4.57 Å². The third kappa shape index (κ3) is 5.44. The number of nitrogens with zero attached hydrogens (tertiary/aromatic N) is 1. The highest BCUT2D eigenvalue weighted by Gasteiger charge is 2.25. The van der Waals surface area contributed by atoms with E-state index < -0.39 is 0 Å². The van der Waals surface area contributed by atoms with E-state index in [-0.39, 0.29) is 0 Å². The van der Waals surface area contributed by atoms with Gasteiger partial charge in [0.15, 0.2) is 0 Å². The molecule has 6 rings (SSSR count). The predicted octanol–water partition coefficient (Wildman–Crippen LogP) is 12.4. The van der Waals surface area contributed by atoms with Crippen LogP contribution < -0.4 is 5.32 Å². The Morgan fingerprint density at radius 2 is 1.52 bits per heavy atom. The van der Waals surface area contributed by atoms with Gasteiger partial charge in [-0.3, -0.25) is 0 Å². The minimum absolute atomic E-state index is 0.868. The van der Waals surface area contributed by atoms with E-state index in [1.165, 1.54) is 21.9 Å². The highest BCUT2D eigenvalue weighted by Crippen LogP contribution is 2.47. The largest absolute Gasteiger partial charge is 0.354 e. The highest BCUT2D eigenvalue weighted by molar-refractivity contribution is 6.27. The van der Waals surface area contributed by atoms with Crippen molar-refractivity contribution in [1.82, 2.24) is 4.57 Å². The molecule has 1 N–H and O–H groups in total. The summed E-state index contributed by atoms with van der Waals surface area (Å²) in [4.78, 5) is 0. The zero-order valence-electron chi connectivity index (χ0n) is 26.9. The topological polar surface area (TPSA) is 17.0 Å². The molecule has 0 saturated carbocycles. The minimum Gasteiger partial charge on any atom is -0.354 e. The fourth-order valence-corrected chi connectivity index (χ4v) is 6.59. The first-order valence-electron chi connectivity index (χ1n) is 15.9. The third-order valence-corrected chi connectivity index (χ3v) is 8.53. The maximum absolute atomic E-state index is 4.70. The average Bonchev–Trinajstić information content (AvgIpc) is 3.70. The van der Waals surface area contributed by atoms with Gasteiger partial charge >= 0.3 is 0 Å². The predicted molar refractivity (Wildman–Crippen MR) is 204 cm³/mol. The van der Waals surface area contributed by atoms with Gasteiger partial charge in [-0.25, -0.2) is 0 Å². The number of allylic oxidation sites excluding steroid dienone is 15. The van der Waals surface area contributed by atoms with Crippen molar-refractivity contribution >= 4 is 55.2 Å². The zero-order chi connectivity index (χ0) is 32.0. The maximum Gasteiger partial charge on any atom is 0.0627 e. The van der Waals surface area contributed by atoms with Gasteiger partial charge in [-0.05, 0) is 67.7 Å². The van der Waals surface area contributed by atoms with Crippen LogP contribution in [0.15, 0.2) is 170 Å². The first-order valence-corrected chi connectivity index (χ1v) is 15.9. The van der Waals surface area contributed by atoms with Crippen LogP contribution in [0.25, 0.3) is 49.5 Å². The standard InChI is InChI=1S/C44H40N2/c1-6-10-12-22-31(5)40-41-38-28-17-18-30-39(38)46(34(20-7-2)21-8-3)44(41)37-27-16-15-26-36(37)43(40)45-42(33-23-13-11-14-24-33)35-29-19-25-32(35)9-4/h6-28,30,45H,2,5,29H2,1,3-4H3/b10-6-,21-8-,22-12-,32-9-,34-20+,42-35-. The Bertz CT molecular complexity index is 2190. The third-order valence-electron chi connectivity index (χ3n) is 8.53. The number of aromatic nitrogens is 1. The van der Waals surface area contributed by atoms with Crippen LogP contribution in [0.2, 0.25) is 0 Å². The van der Waals surface area contributed by atoms with Crippen LogP contribution in [0.5, 0.6) is 0 Å². The lowest BCUT2D eigenvalue weighted by atomic mass is 9.92. The number of rotatable bonds is 9. The van der Waals surface area contributed by atoms with Crippen molar-refractivity contribution in [3.8, 4) is 0 Å². The normalized spacial score (nSPS) is 15.9. The van der Waals surface area contributed by atoms with E-state index in [1.807, 2.05) is 19.1 Å². The van der Waals surface area contributed by atoms with Crippen LogP contribution >= 0.6 is 0 Å². The lowest BCUT2D eigenvalue weighted by Gasteiger charge is -2.23. The molecular formula is C44H40N2. The maximum atomic E-state index is 4.70. The zero-order valence-corrected chi connectivity index (χ0v) is 26.9. The Labute approximate surface area is 272 Å². The van der Waals surface area contributed by atoms with Crippen molar-refractivity contribution in [2.45, 2.75) is 27.2 Å². The van der Waals surface area contributed by atoms with Gasteiger partial charge in [0, 0.05) is 38.5 Å². The highest BCUT2D eigenvalue weighted by atomic mass is 15.0. The summed E-state index contributed by atoms with van der Waals surface area (Å²) in [6.07, 6.45) is 24.0. The van der Waals surface area contributed by atoms with Crippen molar-refractivity contribution in [3.05, 3.63) is 181 Å². The van der Waals surface area contributed by atoms with Gasteiger partial charge in [0.05, 0.1) is 16.7 Å². The van der Waals surface area contributed by atoms with Gasteiger partial charge in [0.1, 0.15) is 0 Å². The second-order valence-electron chi connectivity index (χ2n) is 11.3. The van der Waals surface area contributed by atoms with Gasteiger partial charge in [0.25, 0.3) is 0 Å². The number of benzene rings is 4. The smallest absolute Gasteiger partial charge is 0.0627 e. The van der Waals surface area contributed by atoms with Crippen LogP contribution in [0.3, 0.4) is 0 Å². The Balaban J connectivity index is 1.81. The molecule has 0 radical (unpaired) electrons. The van der Waals surface area contributed by atoms with Crippen molar-refractivity contribution in [2.75, 3.05) is 5.32 Å². The molecule has 1 aromatic heterocycles. The number of fused-ring (bicyclic) bond motifs is 5. The molecule has 0 saturated heterocycles. The first kappa shape index (κ1) is 30.4. The molecule has 2 heteroatoms. The van der Waals surface area contributed by atoms with Crippen LogP contribution in [0.1, 0.15) is 38.3 Å². The Kier molecular flexibility index (Phi) is 8.98. The number of hydrogen-bond acceptors (Lipinski definition) is 1. The molecule has 1 aliphatic carbocycles. The van der Waals surface area contributed by atoms with Crippen LogP contribution in [0, 0.1) is 0 Å². The van der Waals surface area contributed by atoms with Gasteiger partial charge in [-0.15, -0.1) is 0 Å². The van der Waals surface area contributed by atoms with Gasteiger partial charge < -0.3 is 9.88 Å².